The summed E-state index contributed by atoms with van der Waals surface area (Å²) in [5, 5.41) is 3.71. The van der Waals surface area contributed by atoms with E-state index in [1.165, 1.54) is 16.7 Å². The van der Waals surface area contributed by atoms with Gasteiger partial charge in [-0.15, -0.1) is 0 Å². The molecule has 0 radical (unpaired) electrons. The highest BCUT2D eigenvalue weighted by molar-refractivity contribution is 5.76. The molecule has 3 rings (SSSR count). The van der Waals surface area contributed by atoms with E-state index in [0.717, 1.165) is 25.0 Å². The first-order chi connectivity index (χ1) is 11.2. The molecule has 2 atom stereocenters. The van der Waals surface area contributed by atoms with Gasteiger partial charge in [-0.1, -0.05) is 74.9 Å². The van der Waals surface area contributed by atoms with Gasteiger partial charge in [-0.05, 0) is 43.4 Å². The van der Waals surface area contributed by atoms with E-state index in [9.17, 15) is 0 Å². The molecule has 128 valence electrons. The van der Waals surface area contributed by atoms with E-state index >= 15 is 0 Å². The summed E-state index contributed by atoms with van der Waals surface area (Å²) in [6.45, 7) is 16.7. The number of allylic oxidation sites excluding steroid dienone is 3. The van der Waals surface area contributed by atoms with E-state index < -0.39 is 0 Å². The summed E-state index contributed by atoms with van der Waals surface area (Å²) in [7, 11) is 0. The van der Waals surface area contributed by atoms with Gasteiger partial charge in [0.25, 0.3) is 0 Å². The summed E-state index contributed by atoms with van der Waals surface area (Å²) >= 11 is 0. The number of hydrogen-bond acceptors (Lipinski definition) is 1. The van der Waals surface area contributed by atoms with Crippen LogP contribution in [0.25, 0.3) is 11.1 Å². The first-order valence-electron chi connectivity index (χ1n) is 9.15. The number of fused-ring (bicyclic) bond motifs is 1. The lowest BCUT2D eigenvalue weighted by atomic mass is 9.59. The predicted octanol–water partition coefficient (Wildman–Crippen LogP) is 5.85. The second kappa shape index (κ2) is 6.04. The summed E-state index contributed by atoms with van der Waals surface area (Å²) in [5.41, 5.74) is 7.07. The molecule has 1 nitrogen and oxygen atoms in total. The van der Waals surface area contributed by atoms with Crippen LogP contribution in [0.3, 0.4) is 0 Å². The Bertz CT molecular complexity index is 702. The molecule has 2 aliphatic rings. The normalized spacial score (nSPS) is 29.1. The van der Waals surface area contributed by atoms with Crippen LogP contribution in [0.1, 0.15) is 58.6 Å². The van der Waals surface area contributed by atoms with Gasteiger partial charge in [0.1, 0.15) is 0 Å². The Morgan fingerprint density at radius 2 is 1.79 bits per heavy atom. The van der Waals surface area contributed by atoms with E-state index in [4.69, 9.17) is 0 Å². The molecule has 1 aromatic carbocycles. The third kappa shape index (κ3) is 2.91. The maximum Gasteiger partial charge on any atom is 0.0114 e. The fraction of sp³-hybridized carbons (Fsp3) is 0.478. The average Bonchev–Trinajstić information content (AvgIpc) is 2.67. The Hall–Kier alpha value is -1.60. The summed E-state index contributed by atoms with van der Waals surface area (Å²) < 4.78 is 0. The highest BCUT2D eigenvalue weighted by Gasteiger charge is 2.43. The summed E-state index contributed by atoms with van der Waals surface area (Å²) in [6, 6.07) is 9.49. The lowest BCUT2D eigenvalue weighted by Crippen LogP contribution is -2.41. The Balaban J connectivity index is 2.02. The Morgan fingerprint density at radius 1 is 1.12 bits per heavy atom. The molecule has 1 aliphatic heterocycles. The van der Waals surface area contributed by atoms with Crippen molar-refractivity contribution >= 4 is 11.1 Å². The van der Waals surface area contributed by atoms with Crippen molar-refractivity contribution in [2.24, 2.45) is 10.8 Å². The molecule has 1 aromatic rings. The van der Waals surface area contributed by atoms with Gasteiger partial charge in [0.2, 0.25) is 0 Å². The van der Waals surface area contributed by atoms with Crippen molar-refractivity contribution in [1.29, 1.82) is 0 Å². The van der Waals surface area contributed by atoms with Crippen LogP contribution in [0.2, 0.25) is 0 Å². The van der Waals surface area contributed by atoms with Gasteiger partial charge >= 0.3 is 0 Å². The molecule has 24 heavy (non-hydrogen) atoms. The molecule has 0 spiro atoms. The summed E-state index contributed by atoms with van der Waals surface area (Å²) in [4.78, 5) is 0. The Kier molecular flexibility index (Phi) is 4.34. The van der Waals surface area contributed by atoms with Gasteiger partial charge < -0.3 is 5.32 Å². The van der Waals surface area contributed by atoms with Gasteiger partial charge in [-0.3, -0.25) is 0 Å². The molecule has 1 heterocycles. The lowest BCUT2D eigenvalue weighted by Gasteiger charge is -2.46. The Morgan fingerprint density at radius 3 is 2.42 bits per heavy atom. The molecule has 0 saturated heterocycles. The highest BCUT2D eigenvalue weighted by Crippen LogP contribution is 2.54. The zero-order valence-electron chi connectivity index (χ0n) is 15.9. The highest BCUT2D eigenvalue weighted by atomic mass is 14.9. The van der Waals surface area contributed by atoms with Crippen molar-refractivity contribution in [3.05, 3.63) is 59.7 Å². The van der Waals surface area contributed by atoms with Crippen LogP contribution in [-0.4, -0.2) is 12.6 Å². The summed E-state index contributed by atoms with van der Waals surface area (Å²) in [5.74, 6) is 0. The Labute approximate surface area is 147 Å². The SMILES string of the molecule is C=C(C)c1ccc(C2=CCC3(C)CNC(C)CC=C3C2(C)C)cc1. The van der Waals surface area contributed by atoms with Gasteiger partial charge in [0, 0.05) is 23.4 Å². The monoisotopic (exact) mass is 321 g/mol. The van der Waals surface area contributed by atoms with E-state index in [1.807, 2.05) is 0 Å². The lowest BCUT2D eigenvalue weighted by molar-refractivity contribution is 0.307. The smallest absolute Gasteiger partial charge is 0.0114 e. The van der Waals surface area contributed by atoms with Crippen LogP contribution in [0.4, 0.5) is 0 Å². The number of nitrogens with one attached hydrogen (secondary N) is 1. The van der Waals surface area contributed by atoms with Crippen molar-refractivity contribution in [3.63, 3.8) is 0 Å². The fourth-order valence-corrected chi connectivity index (χ4v) is 4.45. The molecule has 0 bridgehead atoms. The molecular weight excluding hydrogens is 290 g/mol. The minimum atomic E-state index is 0.0729. The maximum absolute atomic E-state index is 4.05. The number of hydrogen-bond donors (Lipinski definition) is 1. The minimum Gasteiger partial charge on any atom is -0.313 e. The molecule has 2 unspecified atom stereocenters. The van der Waals surface area contributed by atoms with Crippen LogP contribution in [0, 0.1) is 10.8 Å². The van der Waals surface area contributed by atoms with Crippen LogP contribution in [0.15, 0.2) is 48.6 Å². The van der Waals surface area contributed by atoms with E-state index in [0.29, 0.717) is 6.04 Å². The molecule has 1 N–H and O–H groups in total. The van der Waals surface area contributed by atoms with Crippen molar-refractivity contribution in [2.75, 3.05) is 6.54 Å². The topological polar surface area (TPSA) is 12.0 Å². The van der Waals surface area contributed by atoms with Crippen LogP contribution >= 0.6 is 0 Å². The third-order valence-electron chi connectivity index (χ3n) is 5.96. The van der Waals surface area contributed by atoms with Gasteiger partial charge in [0.05, 0.1) is 0 Å². The van der Waals surface area contributed by atoms with Crippen molar-refractivity contribution in [2.45, 2.75) is 53.5 Å². The molecule has 0 fully saturated rings. The second-order valence-corrected chi connectivity index (χ2v) is 8.50. The van der Waals surface area contributed by atoms with E-state index in [2.05, 4.69) is 82.9 Å². The molecular formula is C23H31N. The van der Waals surface area contributed by atoms with Crippen molar-refractivity contribution in [1.82, 2.24) is 5.32 Å². The van der Waals surface area contributed by atoms with E-state index in [-0.39, 0.29) is 10.8 Å². The average molecular weight is 322 g/mol. The van der Waals surface area contributed by atoms with Crippen LogP contribution in [-0.2, 0) is 0 Å². The number of rotatable bonds is 2. The standard InChI is InChI=1S/C23H31N/c1-16(2)18-8-10-19(11-9-18)20-13-14-23(6)15-24-17(3)7-12-21(23)22(20,4)5/h8-13,17,24H,1,7,14-15H2,2-6H3. The molecule has 0 aromatic heterocycles. The third-order valence-corrected chi connectivity index (χ3v) is 5.96. The second-order valence-electron chi connectivity index (χ2n) is 8.50. The van der Waals surface area contributed by atoms with Crippen molar-refractivity contribution < 1.29 is 0 Å². The van der Waals surface area contributed by atoms with E-state index in [1.54, 1.807) is 5.57 Å². The largest absolute Gasteiger partial charge is 0.313 e. The van der Waals surface area contributed by atoms with Gasteiger partial charge in [-0.25, -0.2) is 0 Å². The summed E-state index contributed by atoms with van der Waals surface area (Å²) in [6.07, 6.45) is 7.22. The molecule has 0 saturated carbocycles. The molecule has 1 aliphatic carbocycles. The first kappa shape index (κ1) is 17.2. The quantitative estimate of drug-likeness (QED) is 0.674. The molecule has 0 amide bonds. The fourth-order valence-electron chi connectivity index (χ4n) is 4.45. The van der Waals surface area contributed by atoms with Crippen LogP contribution < -0.4 is 5.32 Å². The molecule has 1 heteroatoms. The maximum atomic E-state index is 4.05. The minimum absolute atomic E-state index is 0.0729. The zero-order chi connectivity index (χ0) is 17.5. The first-order valence-corrected chi connectivity index (χ1v) is 9.15. The van der Waals surface area contributed by atoms with Gasteiger partial charge in [0.15, 0.2) is 0 Å². The van der Waals surface area contributed by atoms with Gasteiger partial charge in [-0.2, -0.15) is 0 Å². The zero-order valence-corrected chi connectivity index (χ0v) is 15.9. The predicted molar refractivity (Wildman–Crippen MR) is 106 cm³/mol. The van der Waals surface area contributed by atoms with Crippen molar-refractivity contribution in [3.8, 4) is 0 Å². The number of benzene rings is 1. The van der Waals surface area contributed by atoms with Crippen LogP contribution in [0.5, 0.6) is 0 Å².